The second-order valence-corrected chi connectivity index (χ2v) is 8.62. The highest BCUT2D eigenvalue weighted by atomic mass is 19.4. The number of halogens is 9. The predicted molar refractivity (Wildman–Crippen MR) is 144 cm³/mol. The Labute approximate surface area is 259 Å². The fourth-order valence-electron chi connectivity index (χ4n) is 1.75. The summed E-state index contributed by atoms with van der Waals surface area (Å²) in [5.74, 6) is -21.9. The summed E-state index contributed by atoms with van der Waals surface area (Å²) in [6, 6.07) is 0. The van der Waals surface area contributed by atoms with E-state index in [4.69, 9.17) is 10.2 Å². The Hall–Kier alpha value is -3.87. The molecule has 10 nitrogen and oxygen atoms in total. The monoisotopic (exact) mass is 692 g/mol. The highest BCUT2D eigenvalue weighted by Crippen LogP contribution is 2.53. The average Bonchev–Trinajstić information content (AvgIpc) is 2.93. The summed E-state index contributed by atoms with van der Waals surface area (Å²) >= 11 is 0. The molecule has 0 aromatic heterocycles. The maximum absolute atomic E-state index is 13.2. The molecule has 0 heterocycles. The van der Waals surface area contributed by atoms with Gasteiger partial charge in [0.05, 0.1) is 26.4 Å². The Morgan fingerprint density at radius 1 is 0.761 bits per heavy atom. The number of carbonyl (C=O) groups is 4. The van der Waals surface area contributed by atoms with Crippen LogP contribution in [0, 0.1) is 0 Å². The molecule has 0 saturated heterocycles. The van der Waals surface area contributed by atoms with Crippen LogP contribution >= 0.6 is 0 Å². The number of carboxylic acid groups (broad SMARTS) is 1. The van der Waals surface area contributed by atoms with Crippen LogP contribution in [-0.2, 0) is 38.1 Å². The molecule has 0 aliphatic heterocycles. The highest BCUT2D eigenvalue weighted by molar-refractivity contribution is 5.87. The van der Waals surface area contributed by atoms with Gasteiger partial charge in [-0.3, -0.25) is 0 Å². The summed E-state index contributed by atoms with van der Waals surface area (Å²) in [6.07, 6.45) is -9.23. The molecule has 0 aliphatic rings. The fraction of sp³-hybridized carbons (Fsp3) is 0.556. The van der Waals surface area contributed by atoms with E-state index >= 15 is 0 Å². The average molecular weight is 693 g/mol. The Bertz CT molecular complexity index is 1040. The molecular weight excluding hydrogens is 655 g/mol. The molecule has 0 aromatic carbocycles. The largest absolute Gasteiger partial charge is 0.478 e. The zero-order valence-electron chi connectivity index (χ0n) is 25.6. The van der Waals surface area contributed by atoms with Crippen LogP contribution in [0.1, 0.15) is 34.1 Å². The summed E-state index contributed by atoms with van der Waals surface area (Å²) in [6.45, 7) is 16.7. The maximum atomic E-state index is 13.2. The predicted octanol–water partition coefficient (Wildman–Crippen LogP) is 5.46. The molecule has 0 radical (unpaired) electrons. The minimum absolute atomic E-state index is 0.00718. The van der Waals surface area contributed by atoms with Crippen LogP contribution in [0.3, 0.4) is 0 Å². The van der Waals surface area contributed by atoms with Crippen LogP contribution in [0.5, 0.6) is 0 Å². The lowest BCUT2D eigenvalue weighted by Gasteiger charge is -2.33. The molecule has 2 N–H and O–H groups in total. The number of carbonyl (C=O) groups excluding carboxylic acids is 3. The van der Waals surface area contributed by atoms with Crippen molar-refractivity contribution >= 4 is 23.9 Å². The molecule has 268 valence electrons. The molecule has 1 atom stereocenters. The van der Waals surface area contributed by atoms with Gasteiger partial charge in [-0.15, -0.1) is 0 Å². The van der Waals surface area contributed by atoms with Crippen molar-refractivity contribution in [3.8, 4) is 0 Å². The van der Waals surface area contributed by atoms with Gasteiger partial charge in [0.2, 0.25) is 0 Å². The molecule has 0 aromatic rings. The normalized spacial score (nSPS) is 11.7. The topological polar surface area (TPSA) is 146 Å². The van der Waals surface area contributed by atoms with E-state index in [1.54, 1.807) is 13.8 Å². The van der Waals surface area contributed by atoms with Crippen molar-refractivity contribution in [1.82, 2.24) is 0 Å². The van der Waals surface area contributed by atoms with E-state index in [0.717, 1.165) is 6.08 Å². The van der Waals surface area contributed by atoms with Crippen LogP contribution in [0.2, 0.25) is 0 Å². The number of hydrogen-bond donors (Lipinski definition) is 2. The minimum atomic E-state index is -6.92. The molecule has 0 rings (SSSR count). The number of aliphatic carboxylic acids is 1. The molecule has 19 heteroatoms. The van der Waals surface area contributed by atoms with Gasteiger partial charge in [0.15, 0.2) is 0 Å². The fourth-order valence-corrected chi connectivity index (χ4v) is 1.75. The van der Waals surface area contributed by atoms with E-state index in [0.29, 0.717) is 11.1 Å². The first-order valence-electron chi connectivity index (χ1n) is 12.3. The second kappa shape index (κ2) is 22.6. The number of hydrogen-bond acceptors (Lipinski definition) is 9. The number of ether oxygens (including phenoxy) is 4. The lowest BCUT2D eigenvalue weighted by Crippen LogP contribution is -2.61. The molecule has 0 amide bonds. The van der Waals surface area contributed by atoms with Crippen molar-refractivity contribution in [1.29, 1.82) is 0 Å². The number of aliphatic hydroxyl groups excluding tert-OH is 1. The van der Waals surface area contributed by atoms with Crippen molar-refractivity contribution in [2.75, 3.05) is 33.5 Å². The van der Waals surface area contributed by atoms with Crippen molar-refractivity contribution < 1.29 is 87.9 Å². The van der Waals surface area contributed by atoms with Crippen LogP contribution in [0.4, 0.5) is 39.5 Å². The first kappa shape index (κ1) is 49.0. The van der Waals surface area contributed by atoms with E-state index in [1.165, 1.54) is 21.0 Å². The van der Waals surface area contributed by atoms with Crippen LogP contribution in [0.25, 0.3) is 0 Å². The Balaban J connectivity index is -0.000000338. The first-order valence-corrected chi connectivity index (χ1v) is 12.3. The van der Waals surface area contributed by atoms with Gasteiger partial charge in [-0.2, -0.15) is 39.5 Å². The van der Waals surface area contributed by atoms with E-state index < -0.39 is 67.6 Å². The van der Waals surface area contributed by atoms with Crippen molar-refractivity contribution in [2.45, 2.75) is 64.2 Å². The number of alkyl halides is 9. The van der Waals surface area contributed by atoms with Gasteiger partial charge < -0.3 is 29.2 Å². The third-order valence-corrected chi connectivity index (χ3v) is 4.21. The van der Waals surface area contributed by atoms with Gasteiger partial charge in [-0.05, 0) is 27.7 Å². The van der Waals surface area contributed by atoms with Gasteiger partial charge in [0.25, 0.3) is 0 Å². The van der Waals surface area contributed by atoms with Crippen molar-refractivity contribution in [3.05, 3.63) is 49.1 Å². The number of methoxy groups -OCH3 is 1. The Morgan fingerprint density at radius 2 is 1.15 bits per heavy atom. The summed E-state index contributed by atoms with van der Waals surface area (Å²) in [5.41, 5.74) is 0.790. The van der Waals surface area contributed by atoms with Gasteiger partial charge in [0.1, 0.15) is 13.2 Å². The molecule has 0 aliphatic carbocycles. The third kappa shape index (κ3) is 20.2. The number of esters is 3. The summed E-state index contributed by atoms with van der Waals surface area (Å²) in [4.78, 5) is 40.9. The van der Waals surface area contributed by atoms with Gasteiger partial charge in [-0.25, -0.2) is 19.2 Å². The summed E-state index contributed by atoms with van der Waals surface area (Å²) in [5, 5.41) is 15.8. The zero-order chi connectivity index (χ0) is 37.7. The zero-order valence-corrected chi connectivity index (χ0v) is 25.6. The van der Waals surface area contributed by atoms with Crippen LogP contribution in [0.15, 0.2) is 49.1 Å². The quantitative estimate of drug-likeness (QED) is 0.104. The molecule has 0 fully saturated rings. The van der Waals surface area contributed by atoms with E-state index in [9.17, 15) is 58.7 Å². The maximum Gasteiger partial charge on any atom is 0.460 e. The van der Waals surface area contributed by atoms with Crippen molar-refractivity contribution in [3.63, 3.8) is 0 Å². The smallest absolute Gasteiger partial charge is 0.460 e. The SMILES string of the molecule is C=C(C)C(=O)OC.C=C(C)C(=O)OCC(C)OCCC(F)(F)C(F)(F)C(F)(F)C(F)(F)F.C=C(C)C(=O)OCCO.C=CC(=O)O. The number of carboxylic acids is 1. The molecule has 0 spiro atoms. The third-order valence-electron chi connectivity index (χ3n) is 4.21. The van der Waals surface area contributed by atoms with Gasteiger partial charge in [0, 0.05) is 29.2 Å². The Kier molecular flexibility index (Phi) is 24.1. The molecular formula is C27H37F9O10. The molecule has 46 heavy (non-hydrogen) atoms. The number of rotatable bonds is 14. The molecule has 0 bridgehead atoms. The lowest BCUT2D eigenvalue weighted by molar-refractivity contribution is -0.397. The highest BCUT2D eigenvalue weighted by Gasteiger charge is 2.81. The lowest BCUT2D eigenvalue weighted by atomic mass is 10.0. The van der Waals surface area contributed by atoms with E-state index in [-0.39, 0.29) is 24.8 Å². The van der Waals surface area contributed by atoms with E-state index in [2.05, 4.69) is 45.3 Å². The van der Waals surface area contributed by atoms with E-state index in [1.807, 2.05) is 0 Å². The minimum Gasteiger partial charge on any atom is -0.478 e. The van der Waals surface area contributed by atoms with Crippen LogP contribution < -0.4 is 0 Å². The van der Waals surface area contributed by atoms with Crippen LogP contribution in [-0.4, -0.2) is 97.7 Å². The van der Waals surface area contributed by atoms with Gasteiger partial charge in [-0.1, -0.05) is 26.3 Å². The summed E-state index contributed by atoms with van der Waals surface area (Å²) < 4.78 is 131. The summed E-state index contributed by atoms with van der Waals surface area (Å²) in [7, 11) is 1.33. The Morgan fingerprint density at radius 3 is 1.43 bits per heavy atom. The van der Waals surface area contributed by atoms with Gasteiger partial charge >= 0.3 is 47.8 Å². The molecule has 0 saturated carbocycles. The first-order chi connectivity index (χ1) is 20.6. The number of aliphatic hydroxyl groups is 1. The standard InChI is InChI=1S/C13H15F9O3.C6H10O3.C5H8O2.C3H4O2/c1-7(2)9(23)25-6-8(3)24-5-4-10(14,15)11(16,17)12(18,19)13(20,21)22;1-5(2)6(8)9-4-3-7;1-4(2)5(6)7-3;1-2-3(4)5/h8H,1,4-6H2,2-3H3;7H,1,3-4H2,2H3;1H2,2-3H3;2H,1H2,(H,4,5). The molecule has 1 unspecified atom stereocenters. The van der Waals surface area contributed by atoms with Crippen molar-refractivity contribution in [2.24, 2.45) is 0 Å². The second-order valence-electron chi connectivity index (χ2n) is 8.62.